The van der Waals surface area contributed by atoms with Crippen LogP contribution in [0.25, 0.3) is 0 Å². The number of rotatable bonds is 4. The zero-order valence-corrected chi connectivity index (χ0v) is 8.03. The van der Waals surface area contributed by atoms with E-state index in [-0.39, 0.29) is 6.10 Å². The Morgan fingerprint density at radius 3 is 2.46 bits per heavy atom. The van der Waals surface area contributed by atoms with Gasteiger partial charge in [0.1, 0.15) is 6.17 Å². The highest BCUT2D eigenvalue weighted by atomic mass is 19.1. The maximum Gasteiger partial charge on any atom is 0.130 e. The minimum atomic E-state index is -0.924. The Balaban J connectivity index is 2.50. The van der Waals surface area contributed by atoms with Crippen LogP contribution in [-0.2, 0) is 11.2 Å². The van der Waals surface area contributed by atoms with E-state index in [9.17, 15) is 4.39 Å². The Kier molecular flexibility index (Phi) is 3.90. The summed E-state index contributed by atoms with van der Waals surface area (Å²) < 4.78 is 18.3. The summed E-state index contributed by atoms with van der Waals surface area (Å²) >= 11 is 0. The van der Waals surface area contributed by atoms with E-state index in [1.54, 1.807) is 6.92 Å². The summed E-state index contributed by atoms with van der Waals surface area (Å²) in [5, 5.41) is 0. The maximum absolute atomic E-state index is 13.4. The third-order valence-electron chi connectivity index (χ3n) is 2.15. The fourth-order valence-corrected chi connectivity index (χ4v) is 1.15. The van der Waals surface area contributed by atoms with Gasteiger partial charge in [0.2, 0.25) is 0 Å². The lowest BCUT2D eigenvalue weighted by atomic mass is 10.1. The van der Waals surface area contributed by atoms with Crippen LogP contribution >= 0.6 is 0 Å². The van der Waals surface area contributed by atoms with E-state index in [1.807, 2.05) is 30.3 Å². The molecule has 72 valence electrons. The molecule has 0 N–H and O–H groups in total. The van der Waals surface area contributed by atoms with Crippen molar-refractivity contribution >= 4 is 0 Å². The molecule has 2 atom stereocenters. The van der Waals surface area contributed by atoms with E-state index < -0.39 is 6.17 Å². The van der Waals surface area contributed by atoms with Crippen LogP contribution in [0, 0.1) is 0 Å². The number of hydrogen-bond acceptors (Lipinski definition) is 1. The van der Waals surface area contributed by atoms with Gasteiger partial charge in [-0.25, -0.2) is 4.39 Å². The number of halogens is 1. The summed E-state index contributed by atoms with van der Waals surface area (Å²) in [7, 11) is 1.53. The van der Waals surface area contributed by atoms with Crippen molar-refractivity contribution in [1.29, 1.82) is 0 Å². The van der Waals surface area contributed by atoms with Crippen LogP contribution in [-0.4, -0.2) is 19.4 Å². The molecule has 13 heavy (non-hydrogen) atoms. The quantitative estimate of drug-likeness (QED) is 0.695. The van der Waals surface area contributed by atoms with Gasteiger partial charge in [0.05, 0.1) is 6.10 Å². The second kappa shape index (κ2) is 4.97. The molecule has 0 aliphatic carbocycles. The number of hydrogen-bond donors (Lipinski definition) is 0. The van der Waals surface area contributed by atoms with Crippen LogP contribution in [0.15, 0.2) is 30.3 Å². The minimum Gasteiger partial charge on any atom is -0.379 e. The number of alkyl halides is 1. The van der Waals surface area contributed by atoms with E-state index in [2.05, 4.69) is 0 Å². The highest BCUT2D eigenvalue weighted by Gasteiger charge is 2.15. The van der Waals surface area contributed by atoms with Gasteiger partial charge in [-0.1, -0.05) is 30.3 Å². The van der Waals surface area contributed by atoms with Crippen molar-refractivity contribution in [2.75, 3.05) is 7.11 Å². The molecule has 0 aromatic heterocycles. The topological polar surface area (TPSA) is 9.23 Å². The molecule has 0 fully saturated rings. The lowest BCUT2D eigenvalue weighted by molar-refractivity contribution is 0.0462. The molecule has 1 aromatic rings. The Bertz CT molecular complexity index is 235. The van der Waals surface area contributed by atoms with E-state index in [4.69, 9.17) is 4.74 Å². The summed E-state index contributed by atoms with van der Waals surface area (Å²) in [4.78, 5) is 0. The molecule has 0 radical (unpaired) electrons. The number of benzene rings is 1. The van der Waals surface area contributed by atoms with E-state index >= 15 is 0 Å². The largest absolute Gasteiger partial charge is 0.379 e. The Hall–Kier alpha value is -0.890. The first-order chi connectivity index (χ1) is 6.24. The summed E-state index contributed by atoms with van der Waals surface area (Å²) in [5.41, 5.74) is 1.01. The van der Waals surface area contributed by atoms with Crippen LogP contribution in [0.2, 0.25) is 0 Å². The number of methoxy groups -OCH3 is 1. The Morgan fingerprint density at radius 1 is 1.31 bits per heavy atom. The molecule has 0 spiro atoms. The molecule has 0 aliphatic heterocycles. The molecule has 1 aromatic carbocycles. The SMILES string of the molecule is CO[C@@H](C)[C@@H](F)Cc1ccccc1. The average molecular weight is 182 g/mol. The second-order valence-electron chi connectivity index (χ2n) is 3.15. The molecule has 0 amide bonds. The number of ether oxygens (including phenoxy) is 1. The minimum absolute atomic E-state index is 0.333. The fraction of sp³-hybridized carbons (Fsp3) is 0.455. The molecule has 0 heterocycles. The second-order valence-corrected chi connectivity index (χ2v) is 3.15. The molecule has 0 bridgehead atoms. The van der Waals surface area contributed by atoms with Crippen molar-refractivity contribution in [2.45, 2.75) is 25.6 Å². The highest BCUT2D eigenvalue weighted by molar-refractivity contribution is 5.15. The summed E-state index contributed by atoms with van der Waals surface area (Å²) in [6, 6.07) is 9.61. The molecule has 0 aliphatic rings. The van der Waals surface area contributed by atoms with Gasteiger partial charge in [-0.05, 0) is 12.5 Å². The molecule has 1 nitrogen and oxygen atoms in total. The Morgan fingerprint density at radius 2 is 1.92 bits per heavy atom. The van der Waals surface area contributed by atoms with E-state index in [0.717, 1.165) is 5.56 Å². The van der Waals surface area contributed by atoms with Crippen molar-refractivity contribution in [3.05, 3.63) is 35.9 Å². The Labute approximate surface area is 78.5 Å². The van der Waals surface area contributed by atoms with Crippen LogP contribution in [0.4, 0.5) is 4.39 Å². The molecule has 0 saturated heterocycles. The van der Waals surface area contributed by atoms with E-state index in [1.165, 1.54) is 7.11 Å². The first-order valence-electron chi connectivity index (χ1n) is 4.45. The van der Waals surface area contributed by atoms with Gasteiger partial charge in [0, 0.05) is 13.5 Å². The summed E-state index contributed by atoms with van der Waals surface area (Å²) in [6.07, 6.45) is -0.830. The normalized spacial score (nSPS) is 15.3. The molecular weight excluding hydrogens is 167 g/mol. The molecular formula is C11H15FO. The van der Waals surface area contributed by atoms with Gasteiger partial charge in [0.25, 0.3) is 0 Å². The van der Waals surface area contributed by atoms with Gasteiger partial charge in [0.15, 0.2) is 0 Å². The highest BCUT2D eigenvalue weighted by Crippen LogP contribution is 2.10. The van der Waals surface area contributed by atoms with Crippen molar-refractivity contribution < 1.29 is 9.13 Å². The van der Waals surface area contributed by atoms with Gasteiger partial charge in [-0.3, -0.25) is 0 Å². The first-order valence-corrected chi connectivity index (χ1v) is 4.45. The van der Waals surface area contributed by atoms with Gasteiger partial charge in [-0.15, -0.1) is 0 Å². The predicted molar refractivity (Wildman–Crippen MR) is 51.5 cm³/mol. The monoisotopic (exact) mass is 182 g/mol. The van der Waals surface area contributed by atoms with Gasteiger partial charge in [-0.2, -0.15) is 0 Å². The van der Waals surface area contributed by atoms with Crippen molar-refractivity contribution in [3.8, 4) is 0 Å². The first kappa shape index (κ1) is 10.2. The zero-order valence-electron chi connectivity index (χ0n) is 8.03. The standard InChI is InChI=1S/C11H15FO/c1-9(13-2)11(12)8-10-6-4-3-5-7-10/h3-7,9,11H,8H2,1-2H3/t9-,11-/m0/s1. The van der Waals surface area contributed by atoms with Crippen LogP contribution in [0.1, 0.15) is 12.5 Å². The van der Waals surface area contributed by atoms with Crippen molar-refractivity contribution in [2.24, 2.45) is 0 Å². The maximum atomic E-state index is 13.4. The van der Waals surface area contributed by atoms with Crippen molar-refractivity contribution in [3.63, 3.8) is 0 Å². The third kappa shape index (κ3) is 3.15. The molecule has 0 unspecified atom stereocenters. The average Bonchev–Trinajstić information content (AvgIpc) is 2.18. The molecule has 0 saturated carbocycles. The lowest BCUT2D eigenvalue weighted by Gasteiger charge is -2.14. The van der Waals surface area contributed by atoms with Crippen molar-refractivity contribution in [1.82, 2.24) is 0 Å². The molecule has 1 rings (SSSR count). The lowest BCUT2D eigenvalue weighted by Crippen LogP contribution is -2.22. The predicted octanol–water partition coefficient (Wildman–Crippen LogP) is 2.60. The molecule has 2 heteroatoms. The van der Waals surface area contributed by atoms with Crippen LogP contribution in [0.5, 0.6) is 0 Å². The fourth-order valence-electron chi connectivity index (χ4n) is 1.15. The van der Waals surface area contributed by atoms with Crippen LogP contribution in [0.3, 0.4) is 0 Å². The summed E-state index contributed by atoms with van der Waals surface area (Å²) in [6.45, 7) is 1.74. The zero-order chi connectivity index (χ0) is 9.68. The van der Waals surface area contributed by atoms with Gasteiger partial charge < -0.3 is 4.74 Å². The summed E-state index contributed by atoms with van der Waals surface area (Å²) in [5.74, 6) is 0. The van der Waals surface area contributed by atoms with E-state index in [0.29, 0.717) is 6.42 Å². The van der Waals surface area contributed by atoms with Gasteiger partial charge >= 0.3 is 0 Å². The third-order valence-corrected chi connectivity index (χ3v) is 2.15. The van der Waals surface area contributed by atoms with Crippen LogP contribution < -0.4 is 0 Å². The smallest absolute Gasteiger partial charge is 0.130 e.